The minimum Gasteiger partial charge on any atom is -0.395 e. The Labute approximate surface area is 146 Å². The van der Waals surface area contributed by atoms with Gasteiger partial charge in [0.25, 0.3) is 0 Å². The SMILES string of the molecule is Cc1cc2c(nc(-c3ccccc3)c3ccccc32)c(NCCO)n1. The fraction of sp³-hybridized carbons (Fsp3) is 0.143. The molecule has 0 radical (unpaired) electrons. The van der Waals surface area contributed by atoms with Crippen molar-refractivity contribution in [1.29, 1.82) is 0 Å². The number of nitrogens with zero attached hydrogens (tertiary/aromatic N) is 2. The van der Waals surface area contributed by atoms with E-state index in [-0.39, 0.29) is 6.61 Å². The van der Waals surface area contributed by atoms with E-state index in [9.17, 15) is 0 Å². The van der Waals surface area contributed by atoms with Gasteiger partial charge in [0.2, 0.25) is 0 Å². The number of anilines is 1. The van der Waals surface area contributed by atoms with Crippen LogP contribution in [0.5, 0.6) is 0 Å². The molecule has 0 saturated carbocycles. The van der Waals surface area contributed by atoms with E-state index >= 15 is 0 Å². The van der Waals surface area contributed by atoms with E-state index in [0.717, 1.165) is 38.6 Å². The highest BCUT2D eigenvalue weighted by molar-refractivity contribution is 6.13. The lowest BCUT2D eigenvalue weighted by Gasteiger charge is -2.14. The third-order valence-electron chi connectivity index (χ3n) is 4.27. The maximum absolute atomic E-state index is 9.16. The summed E-state index contributed by atoms with van der Waals surface area (Å²) in [6, 6.07) is 20.6. The maximum atomic E-state index is 9.16. The minimum absolute atomic E-state index is 0.0518. The quantitative estimate of drug-likeness (QED) is 0.552. The van der Waals surface area contributed by atoms with Crippen LogP contribution in [0.15, 0.2) is 60.7 Å². The molecule has 0 fully saturated rings. The summed E-state index contributed by atoms with van der Waals surface area (Å²) in [7, 11) is 0. The van der Waals surface area contributed by atoms with E-state index in [1.165, 1.54) is 0 Å². The molecule has 4 aromatic rings. The summed E-state index contributed by atoms with van der Waals surface area (Å²) in [4.78, 5) is 9.56. The van der Waals surface area contributed by atoms with Crippen molar-refractivity contribution in [1.82, 2.24) is 9.97 Å². The number of nitrogens with one attached hydrogen (secondary N) is 1. The van der Waals surface area contributed by atoms with Crippen molar-refractivity contribution in [2.75, 3.05) is 18.5 Å². The molecule has 4 heteroatoms. The highest BCUT2D eigenvalue weighted by atomic mass is 16.3. The Morgan fingerprint density at radius 2 is 1.60 bits per heavy atom. The highest BCUT2D eigenvalue weighted by Crippen LogP contribution is 2.34. The fourth-order valence-electron chi connectivity index (χ4n) is 3.20. The zero-order valence-corrected chi connectivity index (χ0v) is 14.0. The van der Waals surface area contributed by atoms with E-state index in [1.807, 2.05) is 37.3 Å². The van der Waals surface area contributed by atoms with Crippen LogP contribution >= 0.6 is 0 Å². The average molecular weight is 329 g/mol. The molecule has 2 N–H and O–H groups in total. The molecule has 0 aliphatic rings. The van der Waals surface area contributed by atoms with Gasteiger partial charge in [0.1, 0.15) is 5.52 Å². The Hall–Kier alpha value is -2.98. The summed E-state index contributed by atoms with van der Waals surface area (Å²) in [6.07, 6.45) is 0. The zero-order chi connectivity index (χ0) is 17.2. The Morgan fingerprint density at radius 1 is 0.880 bits per heavy atom. The predicted molar refractivity (Wildman–Crippen MR) is 103 cm³/mol. The van der Waals surface area contributed by atoms with Crippen LogP contribution in [0.2, 0.25) is 0 Å². The van der Waals surface area contributed by atoms with Gasteiger partial charge in [-0.05, 0) is 18.4 Å². The number of fused-ring (bicyclic) bond motifs is 3. The largest absolute Gasteiger partial charge is 0.395 e. The molecule has 25 heavy (non-hydrogen) atoms. The molecule has 2 aromatic heterocycles. The molecular weight excluding hydrogens is 310 g/mol. The van der Waals surface area contributed by atoms with Crippen LogP contribution in [-0.2, 0) is 0 Å². The lowest BCUT2D eigenvalue weighted by Crippen LogP contribution is -2.08. The second kappa shape index (κ2) is 6.49. The van der Waals surface area contributed by atoms with Crippen LogP contribution in [0.3, 0.4) is 0 Å². The molecule has 0 saturated heterocycles. The van der Waals surface area contributed by atoms with Gasteiger partial charge in [-0.3, -0.25) is 0 Å². The number of rotatable bonds is 4. The number of aliphatic hydroxyl groups excluding tert-OH is 1. The van der Waals surface area contributed by atoms with Crippen LogP contribution in [0.25, 0.3) is 32.9 Å². The van der Waals surface area contributed by atoms with Crippen molar-refractivity contribution in [3.8, 4) is 11.3 Å². The van der Waals surface area contributed by atoms with Crippen LogP contribution < -0.4 is 5.32 Å². The smallest absolute Gasteiger partial charge is 0.152 e. The summed E-state index contributed by atoms with van der Waals surface area (Å²) in [6.45, 7) is 2.47. The van der Waals surface area contributed by atoms with Gasteiger partial charge in [0, 0.05) is 28.6 Å². The highest BCUT2D eigenvalue weighted by Gasteiger charge is 2.14. The molecule has 0 atom stereocenters. The normalized spacial score (nSPS) is 11.1. The van der Waals surface area contributed by atoms with Gasteiger partial charge in [-0.25, -0.2) is 9.97 Å². The van der Waals surface area contributed by atoms with E-state index in [1.54, 1.807) is 0 Å². The molecule has 0 aliphatic carbocycles. The third kappa shape index (κ3) is 2.81. The van der Waals surface area contributed by atoms with Gasteiger partial charge in [-0.15, -0.1) is 0 Å². The molecule has 0 spiro atoms. The van der Waals surface area contributed by atoms with Gasteiger partial charge in [-0.1, -0.05) is 54.6 Å². The molecule has 2 heterocycles. The summed E-state index contributed by atoms with van der Waals surface area (Å²) in [5.74, 6) is 0.715. The Bertz CT molecular complexity index is 1050. The number of aryl methyl sites for hydroxylation is 1. The van der Waals surface area contributed by atoms with E-state index in [2.05, 4.69) is 40.6 Å². The average Bonchev–Trinajstić information content (AvgIpc) is 2.66. The molecule has 0 aliphatic heterocycles. The number of aromatic nitrogens is 2. The topological polar surface area (TPSA) is 58.0 Å². The number of hydrogen-bond donors (Lipinski definition) is 2. The van der Waals surface area contributed by atoms with E-state index in [4.69, 9.17) is 10.1 Å². The van der Waals surface area contributed by atoms with Gasteiger partial charge in [0.05, 0.1) is 12.3 Å². The van der Waals surface area contributed by atoms with E-state index in [0.29, 0.717) is 12.4 Å². The zero-order valence-electron chi connectivity index (χ0n) is 14.0. The third-order valence-corrected chi connectivity index (χ3v) is 4.27. The molecule has 0 bridgehead atoms. The Kier molecular flexibility index (Phi) is 4.04. The van der Waals surface area contributed by atoms with Gasteiger partial charge < -0.3 is 10.4 Å². The monoisotopic (exact) mass is 329 g/mol. The first-order valence-corrected chi connectivity index (χ1v) is 8.38. The Balaban J connectivity index is 2.09. The molecular formula is C21H19N3O. The van der Waals surface area contributed by atoms with Crippen molar-refractivity contribution < 1.29 is 5.11 Å². The number of aliphatic hydroxyl groups is 1. The minimum atomic E-state index is 0.0518. The van der Waals surface area contributed by atoms with Crippen molar-refractivity contribution in [3.05, 3.63) is 66.4 Å². The van der Waals surface area contributed by atoms with Crippen molar-refractivity contribution in [2.45, 2.75) is 6.92 Å². The fourth-order valence-corrected chi connectivity index (χ4v) is 3.20. The predicted octanol–water partition coefficient (Wildman–Crippen LogP) is 4.16. The molecule has 2 aromatic carbocycles. The van der Waals surface area contributed by atoms with Crippen LogP contribution in [0.4, 0.5) is 5.82 Å². The Morgan fingerprint density at radius 3 is 2.36 bits per heavy atom. The van der Waals surface area contributed by atoms with Gasteiger partial charge in [0.15, 0.2) is 5.82 Å². The van der Waals surface area contributed by atoms with Crippen molar-refractivity contribution >= 4 is 27.5 Å². The molecule has 4 nitrogen and oxygen atoms in total. The van der Waals surface area contributed by atoms with Gasteiger partial charge >= 0.3 is 0 Å². The second-order valence-corrected chi connectivity index (χ2v) is 6.03. The summed E-state index contributed by atoms with van der Waals surface area (Å²) < 4.78 is 0. The van der Waals surface area contributed by atoms with E-state index < -0.39 is 0 Å². The molecule has 4 rings (SSSR count). The van der Waals surface area contributed by atoms with Crippen LogP contribution in [0.1, 0.15) is 5.69 Å². The van der Waals surface area contributed by atoms with Crippen molar-refractivity contribution in [3.63, 3.8) is 0 Å². The van der Waals surface area contributed by atoms with Crippen LogP contribution in [0, 0.1) is 6.92 Å². The molecule has 0 unspecified atom stereocenters. The van der Waals surface area contributed by atoms with Crippen LogP contribution in [-0.4, -0.2) is 28.2 Å². The van der Waals surface area contributed by atoms with Gasteiger partial charge in [-0.2, -0.15) is 0 Å². The summed E-state index contributed by atoms with van der Waals surface area (Å²) in [5.41, 5.74) is 3.78. The second-order valence-electron chi connectivity index (χ2n) is 6.03. The van der Waals surface area contributed by atoms with Crippen molar-refractivity contribution in [2.24, 2.45) is 0 Å². The number of benzene rings is 2. The standard InChI is InChI=1S/C21H19N3O/c1-14-13-18-16-9-5-6-10-17(16)19(15-7-3-2-4-8-15)24-20(18)21(23-14)22-11-12-25/h2-10,13,25H,11-12H2,1H3,(H,22,23). The molecule has 124 valence electrons. The summed E-state index contributed by atoms with van der Waals surface area (Å²) in [5, 5.41) is 15.7. The lowest BCUT2D eigenvalue weighted by molar-refractivity contribution is 0.311. The first-order valence-electron chi connectivity index (χ1n) is 8.38. The summed E-state index contributed by atoms with van der Waals surface area (Å²) >= 11 is 0. The first kappa shape index (κ1) is 15.5. The first-order chi connectivity index (χ1) is 12.3. The number of pyridine rings is 2. The maximum Gasteiger partial charge on any atom is 0.152 e. The molecule has 0 amide bonds. The number of hydrogen-bond acceptors (Lipinski definition) is 4. The lowest BCUT2D eigenvalue weighted by atomic mass is 10.00.